The van der Waals surface area contributed by atoms with Crippen molar-refractivity contribution >= 4 is 44.7 Å². The lowest BCUT2D eigenvalue weighted by molar-refractivity contribution is -0.137. The number of aliphatic imine (C=N–C) groups is 1. The summed E-state index contributed by atoms with van der Waals surface area (Å²) in [6, 6.07) is 7.11. The molecule has 1 aromatic rings. The quantitative estimate of drug-likeness (QED) is 0.715. The number of hydrogen-bond donors (Lipinski definition) is 0. The molecule has 0 unspecified atom stereocenters. The van der Waals surface area contributed by atoms with E-state index < -0.39 is 12.0 Å². The van der Waals surface area contributed by atoms with E-state index in [2.05, 4.69) is 20.9 Å². The molecule has 2 atom stereocenters. The van der Waals surface area contributed by atoms with Crippen LogP contribution in [-0.2, 0) is 14.3 Å². The average Bonchev–Trinajstić information content (AvgIpc) is 2.88. The summed E-state index contributed by atoms with van der Waals surface area (Å²) in [5, 5.41) is 0.491. The topological polar surface area (TPSA) is 59.0 Å². The minimum atomic E-state index is -0.515. The summed E-state index contributed by atoms with van der Waals surface area (Å²) in [6.07, 6.45) is 0.719. The van der Waals surface area contributed by atoms with Crippen LogP contribution in [0, 0.1) is 0 Å². The number of nitrogens with zero attached hydrogens (tertiary/aromatic N) is 2. The Hall–Kier alpha value is -1.60. The molecular weight excluding hydrogens is 392 g/mol. The van der Waals surface area contributed by atoms with Crippen LogP contribution >= 0.6 is 27.7 Å². The number of hydrogen-bond acceptors (Lipinski definition) is 5. The van der Waals surface area contributed by atoms with Gasteiger partial charge in [0.25, 0.3) is 0 Å². The van der Waals surface area contributed by atoms with Crippen LogP contribution in [0.1, 0.15) is 31.9 Å². The number of amidine groups is 1. The number of amides is 1. The highest BCUT2D eigenvalue weighted by atomic mass is 79.9. The Morgan fingerprint density at radius 2 is 2.21 bits per heavy atom. The van der Waals surface area contributed by atoms with Gasteiger partial charge in [0.1, 0.15) is 0 Å². The van der Waals surface area contributed by atoms with E-state index >= 15 is 0 Å². The summed E-state index contributed by atoms with van der Waals surface area (Å²) < 4.78 is 5.84. The molecular formula is C17H17BrN2O3S. The molecule has 1 fully saturated rings. The molecule has 1 aromatic carbocycles. The van der Waals surface area contributed by atoms with E-state index in [1.54, 1.807) is 11.8 Å². The largest absolute Gasteiger partial charge is 0.466 e. The Morgan fingerprint density at radius 1 is 1.46 bits per heavy atom. The number of carbonyl (C=O) groups is 2. The second kappa shape index (κ2) is 6.72. The Morgan fingerprint density at radius 3 is 2.83 bits per heavy atom. The number of carbonyl (C=O) groups excluding carboxylic acids is 2. The van der Waals surface area contributed by atoms with Crippen molar-refractivity contribution in [3.8, 4) is 0 Å². The van der Waals surface area contributed by atoms with Crippen LogP contribution in [0.25, 0.3) is 0 Å². The molecule has 7 heteroatoms. The van der Waals surface area contributed by atoms with Crippen molar-refractivity contribution in [1.29, 1.82) is 0 Å². The Balaban J connectivity index is 2.17. The maximum Gasteiger partial charge on any atom is 0.338 e. The minimum Gasteiger partial charge on any atom is -0.466 e. The third kappa shape index (κ3) is 2.80. The van der Waals surface area contributed by atoms with Crippen LogP contribution in [-0.4, -0.2) is 34.3 Å². The molecule has 2 heterocycles. The first-order valence-electron chi connectivity index (χ1n) is 7.60. The highest BCUT2D eigenvalue weighted by molar-refractivity contribution is 9.10. The van der Waals surface area contributed by atoms with Crippen molar-refractivity contribution in [2.45, 2.75) is 31.6 Å². The van der Waals surface area contributed by atoms with Gasteiger partial charge in [0.15, 0.2) is 5.17 Å². The Bertz CT molecular complexity index is 775. The molecule has 0 aliphatic carbocycles. The van der Waals surface area contributed by atoms with Crippen molar-refractivity contribution in [1.82, 2.24) is 4.90 Å². The molecule has 1 saturated heterocycles. The predicted molar refractivity (Wildman–Crippen MR) is 97.6 cm³/mol. The average molecular weight is 409 g/mol. The predicted octanol–water partition coefficient (Wildman–Crippen LogP) is 3.66. The number of fused-ring (bicyclic) bond motifs is 1. The zero-order valence-corrected chi connectivity index (χ0v) is 16.0. The van der Waals surface area contributed by atoms with E-state index in [1.165, 1.54) is 18.9 Å². The van der Waals surface area contributed by atoms with Crippen LogP contribution in [0.15, 0.2) is 45.0 Å². The molecule has 0 aromatic heterocycles. The second-order valence-electron chi connectivity index (χ2n) is 5.57. The number of rotatable bonds is 3. The number of methoxy groups -OCH3 is 1. The standard InChI is InChI=1S/C17H17BrN2O3S/c1-4-12-15(21)20-14(10-6-5-7-11(18)8-10)13(16(22)23-3)9(2)19-17(20)24-12/h5-8,12,14H,4H2,1-3H3/t12-,14+/m1/s1. The summed E-state index contributed by atoms with van der Waals surface area (Å²) in [4.78, 5) is 31.4. The third-order valence-corrected chi connectivity index (χ3v) is 5.90. The van der Waals surface area contributed by atoms with E-state index in [-0.39, 0.29) is 11.2 Å². The highest BCUT2D eigenvalue weighted by Gasteiger charge is 2.47. The number of ether oxygens (including phenoxy) is 1. The molecule has 2 aliphatic heterocycles. The van der Waals surface area contributed by atoms with Crippen molar-refractivity contribution in [2.24, 2.45) is 4.99 Å². The van der Waals surface area contributed by atoms with Crippen LogP contribution in [0.2, 0.25) is 0 Å². The molecule has 0 saturated carbocycles. The van der Waals surface area contributed by atoms with Gasteiger partial charge in [-0.05, 0) is 31.0 Å². The zero-order valence-electron chi connectivity index (χ0n) is 13.6. The SMILES string of the molecule is CC[C@H]1SC2=NC(C)=C(C(=O)OC)[C@H](c3cccc(Br)c3)N2C1=O. The van der Waals surface area contributed by atoms with Gasteiger partial charge < -0.3 is 4.74 Å². The second-order valence-corrected chi connectivity index (χ2v) is 7.65. The van der Waals surface area contributed by atoms with Crippen LogP contribution in [0.4, 0.5) is 0 Å². The minimum absolute atomic E-state index is 0.0138. The highest BCUT2D eigenvalue weighted by Crippen LogP contribution is 2.44. The van der Waals surface area contributed by atoms with E-state index in [0.717, 1.165) is 16.5 Å². The molecule has 3 rings (SSSR count). The first kappa shape index (κ1) is 17.2. The number of esters is 1. The van der Waals surface area contributed by atoms with Gasteiger partial charge in [-0.2, -0.15) is 0 Å². The van der Waals surface area contributed by atoms with Gasteiger partial charge >= 0.3 is 5.97 Å². The van der Waals surface area contributed by atoms with Crippen molar-refractivity contribution in [2.75, 3.05) is 7.11 Å². The van der Waals surface area contributed by atoms with Gasteiger partial charge in [0.05, 0.1) is 29.7 Å². The lowest BCUT2D eigenvalue weighted by Crippen LogP contribution is -2.40. The molecule has 0 bridgehead atoms. The molecule has 1 amide bonds. The molecule has 0 spiro atoms. The molecule has 0 radical (unpaired) electrons. The number of benzene rings is 1. The van der Waals surface area contributed by atoms with Crippen molar-refractivity contribution < 1.29 is 14.3 Å². The Kier molecular flexibility index (Phi) is 4.83. The fourth-order valence-electron chi connectivity index (χ4n) is 2.95. The summed E-state index contributed by atoms with van der Waals surface area (Å²) >= 11 is 4.92. The first-order valence-corrected chi connectivity index (χ1v) is 9.28. The lowest BCUT2D eigenvalue weighted by atomic mass is 9.94. The van der Waals surface area contributed by atoms with Gasteiger partial charge in [-0.1, -0.05) is 46.7 Å². The van der Waals surface area contributed by atoms with E-state index in [9.17, 15) is 9.59 Å². The number of thioether (sulfide) groups is 1. The van der Waals surface area contributed by atoms with E-state index in [4.69, 9.17) is 4.74 Å². The Labute approximate surface area is 153 Å². The van der Waals surface area contributed by atoms with E-state index in [0.29, 0.717) is 16.4 Å². The zero-order chi connectivity index (χ0) is 17.4. The van der Waals surface area contributed by atoms with E-state index in [1.807, 2.05) is 31.2 Å². The van der Waals surface area contributed by atoms with Crippen LogP contribution in [0.3, 0.4) is 0 Å². The monoisotopic (exact) mass is 408 g/mol. The van der Waals surface area contributed by atoms with Crippen LogP contribution in [0.5, 0.6) is 0 Å². The normalized spacial score (nSPS) is 23.2. The van der Waals surface area contributed by atoms with Gasteiger partial charge in [-0.25, -0.2) is 9.79 Å². The summed E-state index contributed by atoms with van der Waals surface area (Å²) in [6.45, 7) is 3.76. The molecule has 0 N–H and O–H groups in total. The maximum atomic E-state index is 12.8. The smallest absolute Gasteiger partial charge is 0.338 e. The van der Waals surface area contributed by atoms with Gasteiger partial charge in [-0.15, -0.1) is 0 Å². The summed E-state index contributed by atoms with van der Waals surface area (Å²) in [7, 11) is 1.34. The summed E-state index contributed by atoms with van der Waals surface area (Å²) in [5.74, 6) is -0.474. The summed E-state index contributed by atoms with van der Waals surface area (Å²) in [5.41, 5.74) is 1.85. The fraction of sp³-hybridized carbons (Fsp3) is 0.353. The molecule has 5 nitrogen and oxygen atoms in total. The fourth-order valence-corrected chi connectivity index (χ4v) is 4.50. The number of allylic oxidation sites excluding steroid dienone is 1. The lowest BCUT2D eigenvalue weighted by Gasteiger charge is -2.33. The van der Waals surface area contributed by atoms with Crippen LogP contribution < -0.4 is 0 Å². The third-order valence-electron chi connectivity index (χ3n) is 4.09. The van der Waals surface area contributed by atoms with Gasteiger partial charge in [-0.3, -0.25) is 9.69 Å². The molecule has 24 heavy (non-hydrogen) atoms. The molecule has 2 aliphatic rings. The van der Waals surface area contributed by atoms with Crippen molar-refractivity contribution in [3.05, 3.63) is 45.6 Å². The number of halogens is 1. The maximum absolute atomic E-state index is 12.8. The van der Waals surface area contributed by atoms with Crippen molar-refractivity contribution in [3.63, 3.8) is 0 Å². The first-order chi connectivity index (χ1) is 11.5. The van der Waals surface area contributed by atoms with Gasteiger partial charge in [0.2, 0.25) is 5.91 Å². The van der Waals surface area contributed by atoms with Gasteiger partial charge in [0, 0.05) is 4.47 Å². The molecule has 126 valence electrons.